The van der Waals surface area contributed by atoms with Crippen LogP contribution < -0.4 is 10.6 Å². The predicted octanol–water partition coefficient (Wildman–Crippen LogP) is -0.181. The number of amides is 1. The van der Waals surface area contributed by atoms with Crippen molar-refractivity contribution in [3.63, 3.8) is 0 Å². The van der Waals surface area contributed by atoms with Gasteiger partial charge in [0.1, 0.15) is 0 Å². The molecule has 2 N–H and O–H groups in total. The number of rotatable bonds is 6. The zero-order valence-corrected chi connectivity index (χ0v) is 10.0. The van der Waals surface area contributed by atoms with Gasteiger partial charge < -0.3 is 10.6 Å². The molecule has 1 rings (SSSR count). The molecule has 0 aromatic carbocycles. The molecule has 1 amide bonds. The third-order valence-electron chi connectivity index (χ3n) is 2.18. The molecule has 0 saturated heterocycles. The molecule has 0 aliphatic heterocycles. The molecule has 0 fully saturated rings. The summed E-state index contributed by atoms with van der Waals surface area (Å²) < 4.78 is 1.64. The van der Waals surface area contributed by atoms with Crippen LogP contribution in [0, 0.1) is 0 Å². The Morgan fingerprint density at radius 3 is 2.94 bits per heavy atom. The lowest BCUT2D eigenvalue weighted by atomic mass is 10.3. The molecule has 0 spiro atoms. The lowest BCUT2D eigenvalue weighted by Crippen LogP contribution is -2.42. The summed E-state index contributed by atoms with van der Waals surface area (Å²) in [7, 11) is 1.81. The number of carbonyl (C=O) groups is 1. The minimum atomic E-state index is -0.214. The minimum Gasteiger partial charge on any atom is -0.355 e. The third-order valence-corrected chi connectivity index (χ3v) is 2.18. The first-order chi connectivity index (χ1) is 7.63. The lowest BCUT2D eigenvalue weighted by Gasteiger charge is -2.12. The van der Waals surface area contributed by atoms with Crippen LogP contribution in [0.4, 0.5) is 0 Å². The summed E-state index contributed by atoms with van der Waals surface area (Å²) in [5.74, 6) is 0.0192. The van der Waals surface area contributed by atoms with Gasteiger partial charge in [-0.2, -0.15) is 0 Å². The summed E-state index contributed by atoms with van der Waals surface area (Å²) in [5, 5.41) is 13.7. The first kappa shape index (κ1) is 12.6. The fourth-order valence-corrected chi connectivity index (χ4v) is 1.23. The molecular formula is C10H19N5O. The van der Waals surface area contributed by atoms with Crippen molar-refractivity contribution in [1.29, 1.82) is 0 Å². The zero-order valence-electron chi connectivity index (χ0n) is 10.0. The van der Waals surface area contributed by atoms with Crippen LogP contribution in [0.1, 0.15) is 26.0 Å². The van der Waals surface area contributed by atoms with Gasteiger partial charge in [-0.3, -0.25) is 9.48 Å². The van der Waals surface area contributed by atoms with Crippen LogP contribution in [-0.2, 0) is 18.4 Å². The molecule has 0 aliphatic carbocycles. The highest BCUT2D eigenvalue weighted by Gasteiger charge is 2.11. The molecule has 0 saturated carbocycles. The van der Waals surface area contributed by atoms with E-state index in [2.05, 4.69) is 20.9 Å². The van der Waals surface area contributed by atoms with E-state index in [4.69, 9.17) is 0 Å². The molecule has 6 nitrogen and oxygen atoms in total. The van der Waals surface area contributed by atoms with Gasteiger partial charge in [0.25, 0.3) is 0 Å². The van der Waals surface area contributed by atoms with E-state index >= 15 is 0 Å². The molecule has 1 unspecified atom stereocenters. The average molecular weight is 225 g/mol. The van der Waals surface area contributed by atoms with Gasteiger partial charge in [-0.1, -0.05) is 12.1 Å². The van der Waals surface area contributed by atoms with Gasteiger partial charge in [-0.25, -0.2) is 0 Å². The Bertz CT molecular complexity index is 336. The molecule has 0 bridgehead atoms. The molecule has 16 heavy (non-hydrogen) atoms. The number of nitrogens with one attached hydrogen (secondary N) is 2. The van der Waals surface area contributed by atoms with Crippen LogP contribution in [0.3, 0.4) is 0 Å². The highest BCUT2D eigenvalue weighted by atomic mass is 16.2. The Labute approximate surface area is 95.4 Å². The van der Waals surface area contributed by atoms with Crippen LogP contribution in [0.5, 0.6) is 0 Å². The summed E-state index contributed by atoms with van der Waals surface area (Å²) >= 11 is 0. The third kappa shape index (κ3) is 3.98. The van der Waals surface area contributed by atoms with Gasteiger partial charge >= 0.3 is 0 Å². The predicted molar refractivity (Wildman–Crippen MR) is 60.6 cm³/mol. The highest BCUT2D eigenvalue weighted by molar-refractivity contribution is 5.81. The lowest BCUT2D eigenvalue weighted by molar-refractivity contribution is -0.122. The van der Waals surface area contributed by atoms with E-state index in [0.717, 1.165) is 18.7 Å². The van der Waals surface area contributed by atoms with Crippen molar-refractivity contribution in [3.05, 3.63) is 11.9 Å². The van der Waals surface area contributed by atoms with E-state index < -0.39 is 0 Å². The van der Waals surface area contributed by atoms with E-state index in [0.29, 0.717) is 6.54 Å². The molecular weight excluding hydrogens is 206 g/mol. The van der Waals surface area contributed by atoms with Gasteiger partial charge in [0.15, 0.2) is 0 Å². The van der Waals surface area contributed by atoms with E-state index in [1.165, 1.54) is 0 Å². The Hall–Kier alpha value is -1.43. The monoisotopic (exact) mass is 225 g/mol. The number of hydrogen-bond donors (Lipinski definition) is 2. The zero-order chi connectivity index (χ0) is 12.0. The van der Waals surface area contributed by atoms with Crippen molar-refractivity contribution in [3.8, 4) is 0 Å². The summed E-state index contributed by atoms with van der Waals surface area (Å²) in [6.45, 7) is 5.13. The van der Waals surface area contributed by atoms with E-state index in [9.17, 15) is 4.79 Å². The maximum atomic E-state index is 11.5. The number of aromatic nitrogens is 3. The van der Waals surface area contributed by atoms with Crippen molar-refractivity contribution in [2.45, 2.75) is 32.9 Å². The molecule has 1 aromatic rings. The smallest absolute Gasteiger partial charge is 0.236 e. The van der Waals surface area contributed by atoms with Crippen molar-refractivity contribution in [2.24, 2.45) is 7.05 Å². The first-order valence-corrected chi connectivity index (χ1v) is 5.49. The number of aryl methyl sites for hydroxylation is 1. The van der Waals surface area contributed by atoms with E-state index in [1.807, 2.05) is 27.1 Å². The van der Waals surface area contributed by atoms with Crippen LogP contribution in [-0.4, -0.2) is 33.5 Å². The second kappa shape index (κ2) is 6.22. The Morgan fingerprint density at radius 2 is 2.38 bits per heavy atom. The molecule has 0 aliphatic rings. The van der Waals surface area contributed by atoms with Crippen molar-refractivity contribution >= 4 is 5.91 Å². The maximum Gasteiger partial charge on any atom is 0.236 e. The first-order valence-electron chi connectivity index (χ1n) is 5.49. The highest BCUT2D eigenvalue weighted by Crippen LogP contribution is 1.92. The van der Waals surface area contributed by atoms with Gasteiger partial charge in [-0.05, 0) is 13.3 Å². The minimum absolute atomic E-state index is 0.0192. The van der Waals surface area contributed by atoms with E-state index in [1.54, 1.807) is 4.68 Å². The van der Waals surface area contributed by atoms with Gasteiger partial charge in [0.05, 0.1) is 11.7 Å². The molecule has 1 heterocycles. The number of hydrogen-bond acceptors (Lipinski definition) is 4. The van der Waals surface area contributed by atoms with Crippen molar-refractivity contribution in [1.82, 2.24) is 25.6 Å². The summed E-state index contributed by atoms with van der Waals surface area (Å²) in [4.78, 5) is 11.5. The Balaban J connectivity index is 2.29. The summed E-state index contributed by atoms with van der Waals surface area (Å²) in [5.41, 5.74) is 0.831. The average Bonchev–Trinajstić information content (AvgIpc) is 2.68. The second-order valence-corrected chi connectivity index (χ2v) is 3.78. The fourth-order valence-electron chi connectivity index (χ4n) is 1.23. The topological polar surface area (TPSA) is 71.8 Å². The largest absolute Gasteiger partial charge is 0.355 e. The van der Waals surface area contributed by atoms with Gasteiger partial charge in [-0.15, -0.1) is 5.10 Å². The van der Waals surface area contributed by atoms with Crippen LogP contribution in [0.2, 0.25) is 0 Å². The molecule has 1 atom stereocenters. The van der Waals surface area contributed by atoms with Crippen molar-refractivity contribution < 1.29 is 4.79 Å². The maximum absolute atomic E-state index is 11.5. The summed E-state index contributed by atoms with van der Waals surface area (Å²) in [6, 6.07) is -0.214. The molecule has 6 heteroatoms. The SMILES string of the molecule is CCCNC(=O)C(C)NCc1cn(C)nn1. The fraction of sp³-hybridized carbons (Fsp3) is 0.700. The second-order valence-electron chi connectivity index (χ2n) is 3.78. The van der Waals surface area contributed by atoms with Gasteiger partial charge in [0, 0.05) is 26.3 Å². The number of carbonyl (C=O) groups excluding carboxylic acids is 1. The van der Waals surface area contributed by atoms with Gasteiger partial charge in [0.2, 0.25) is 5.91 Å². The molecule has 0 radical (unpaired) electrons. The van der Waals surface area contributed by atoms with Crippen LogP contribution in [0.25, 0.3) is 0 Å². The summed E-state index contributed by atoms with van der Waals surface area (Å²) in [6.07, 6.45) is 2.77. The quantitative estimate of drug-likeness (QED) is 0.704. The Kier molecular flexibility index (Phi) is 4.91. The Morgan fingerprint density at radius 1 is 1.62 bits per heavy atom. The molecule has 90 valence electrons. The van der Waals surface area contributed by atoms with Crippen LogP contribution in [0.15, 0.2) is 6.20 Å². The normalized spacial score (nSPS) is 12.4. The van der Waals surface area contributed by atoms with Crippen LogP contribution >= 0.6 is 0 Å². The number of nitrogens with zero attached hydrogens (tertiary/aromatic N) is 3. The molecule has 1 aromatic heterocycles. The van der Waals surface area contributed by atoms with E-state index in [-0.39, 0.29) is 11.9 Å². The van der Waals surface area contributed by atoms with Crippen molar-refractivity contribution in [2.75, 3.05) is 6.54 Å². The standard InChI is InChI=1S/C10H19N5O/c1-4-5-11-10(16)8(2)12-6-9-7-15(3)14-13-9/h7-8,12H,4-6H2,1-3H3,(H,11,16).